The Hall–Kier alpha value is -1.89. The Morgan fingerprint density at radius 2 is 1.07 bits per heavy atom. The second-order valence-corrected chi connectivity index (χ2v) is 8.26. The lowest BCUT2D eigenvalue weighted by atomic mass is 10.1. The molecule has 7 nitrogen and oxygen atoms in total. The Balaban J connectivity index is 4.30. The van der Waals surface area contributed by atoms with Crippen LogP contribution in [0.1, 0.15) is 89.9 Å². The van der Waals surface area contributed by atoms with E-state index in [-0.39, 0.29) is 43.4 Å². The van der Waals surface area contributed by atoms with Gasteiger partial charge >= 0.3 is 11.9 Å². The van der Waals surface area contributed by atoms with E-state index in [1.165, 1.54) is 38.5 Å². The monoisotopic (exact) mass is 427 g/mol. The van der Waals surface area contributed by atoms with Crippen molar-refractivity contribution in [2.45, 2.75) is 89.9 Å². The summed E-state index contributed by atoms with van der Waals surface area (Å²) in [5.74, 6) is -3.09. The maximum atomic E-state index is 11.0. The number of allylic oxidation sites excluding steroid dienone is 1. The van der Waals surface area contributed by atoms with Crippen LogP contribution in [0.2, 0.25) is 0 Å². The van der Waals surface area contributed by atoms with Gasteiger partial charge in [0.15, 0.2) is 0 Å². The predicted octanol–water partition coefficient (Wildman–Crippen LogP) is 3.37. The van der Waals surface area contributed by atoms with Crippen molar-refractivity contribution in [3.63, 3.8) is 0 Å². The van der Waals surface area contributed by atoms with Crippen LogP contribution in [-0.2, 0) is 14.4 Å². The molecule has 0 fully saturated rings. The summed E-state index contributed by atoms with van der Waals surface area (Å²) in [6.07, 6.45) is 14.3. The molecule has 174 valence electrons. The summed E-state index contributed by atoms with van der Waals surface area (Å²) in [5, 5.41) is 29.0. The molecule has 0 atom stereocenters. The summed E-state index contributed by atoms with van der Waals surface area (Å²) in [5.41, 5.74) is 0. The van der Waals surface area contributed by atoms with Gasteiger partial charge in [0.25, 0.3) is 0 Å². The van der Waals surface area contributed by atoms with E-state index >= 15 is 0 Å². The van der Waals surface area contributed by atoms with E-state index in [9.17, 15) is 19.5 Å². The van der Waals surface area contributed by atoms with E-state index in [1.807, 2.05) is 6.08 Å². The quantitative estimate of drug-likeness (QED) is 0.155. The largest absolute Gasteiger partial charge is 0.550 e. The Morgan fingerprint density at radius 1 is 0.667 bits per heavy atom. The fraction of sp³-hybridized carbons (Fsp3) is 0.783. The Kier molecular flexibility index (Phi) is 16.8. The molecule has 0 aliphatic carbocycles. The van der Waals surface area contributed by atoms with Gasteiger partial charge in [-0.15, -0.1) is 6.58 Å². The number of aliphatic carboxylic acids is 3. The molecule has 0 unspecified atom stereocenters. The number of quaternary nitrogens is 1. The van der Waals surface area contributed by atoms with Crippen LogP contribution in [0.25, 0.3) is 0 Å². The lowest BCUT2D eigenvalue weighted by molar-refractivity contribution is -0.927. The first-order valence-corrected chi connectivity index (χ1v) is 11.4. The minimum Gasteiger partial charge on any atom is -0.550 e. The van der Waals surface area contributed by atoms with Crippen LogP contribution in [0.3, 0.4) is 0 Å². The van der Waals surface area contributed by atoms with Gasteiger partial charge < -0.3 is 24.6 Å². The minimum atomic E-state index is -1.19. The Morgan fingerprint density at radius 3 is 1.47 bits per heavy atom. The molecule has 0 aromatic rings. The van der Waals surface area contributed by atoms with Crippen LogP contribution in [0, 0.1) is 0 Å². The van der Waals surface area contributed by atoms with Gasteiger partial charge in [0.1, 0.15) is 0 Å². The fourth-order valence-electron chi connectivity index (χ4n) is 3.82. The summed E-state index contributed by atoms with van der Waals surface area (Å²) >= 11 is 0. The predicted molar refractivity (Wildman–Crippen MR) is 115 cm³/mol. The van der Waals surface area contributed by atoms with Gasteiger partial charge in [-0.3, -0.25) is 9.59 Å². The number of carboxylic acids is 3. The third kappa shape index (κ3) is 17.0. The highest BCUT2D eigenvalue weighted by atomic mass is 16.4. The zero-order valence-electron chi connectivity index (χ0n) is 18.5. The maximum Gasteiger partial charge on any atom is 0.309 e. The highest BCUT2D eigenvalue weighted by molar-refractivity contribution is 5.67. The number of hydrogen-bond donors (Lipinski definition) is 2. The molecule has 2 N–H and O–H groups in total. The van der Waals surface area contributed by atoms with Gasteiger partial charge in [-0.2, -0.15) is 0 Å². The van der Waals surface area contributed by atoms with Crippen LogP contribution in [-0.4, -0.2) is 58.8 Å². The lowest BCUT2D eigenvalue weighted by Gasteiger charge is -2.38. The number of hydrogen-bond acceptors (Lipinski definition) is 4. The number of carbonyl (C=O) groups excluding carboxylic acids is 1. The van der Waals surface area contributed by atoms with Crippen molar-refractivity contribution in [3.05, 3.63) is 12.7 Å². The van der Waals surface area contributed by atoms with Gasteiger partial charge in [-0.05, 0) is 25.7 Å². The van der Waals surface area contributed by atoms with E-state index in [0.717, 1.165) is 32.1 Å². The van der Waals surface area contributed by atoms with E-state index in [2.05, 4.69) is 6.58 Å². The maximum absolute atomic E-state index is 11.0. The Bertz CT molecular complexity index is 460. The van der Waals surface area contributed by atoms with Crippen LogP contribution < -0.4 is 5.11 Å². The molecule has 7 heteroatoms. The molecule has 0 aliphatic heterocycles. The number of carbonyl (C=O) groups is 3. The topological polar surface area (TPSA) is 115 Å². The van der Waals surface area contributed by atoms with Crippen molar-refractivity contribution in [2.75, 3.05) is 26.2 Å². The van der Waals surface area contributed by atoms with E-state index in [4.69, 9.17) is 10.2 Å². The van der Waals surface area contributed by atoms with Gasteiger partial charge in [-0.25, -0.2) is 0 Å². The van der Waals surface area contributed by atoms with Crippen LogP contribution >= 0.6 is 0 Å². The second-order valence-electron chi connectivity index (χ2n) is 8.26. The number of unbranched alkanes of at least 4 members (excludes halogenated alkanes) is 10. The molecule has 0 rings (SSSR count). The SMILES string of the molecule is C=CCCCCCCCCCCCC[N+](CCC(=O)[O-])(CCC(=O)O)CCC(=O)O. The first kappa shape index (κ1) is 28.1. The van der Waals surface area contributed by atoms with E-state index in [0.29, 0.717) is 6.54 Å². The molecule has 0 aromatic heterocycles. The summed E-state index contributed by atoms with van der Waals surface area (Å²) in [4.78, 5) is 33.0. The molecule has 0 spiro atoms. The van der Waals surface area contributed by atoms with Crippen molar-refractivity contribution < 1.29 is 34.2 Å². The van der Waals surface area contributed by atoms with Crippen molar-refractivity contribution in [3.8, 4) is 0 Å². The lowest BCUT2D eigenvalue weighted by Crippen LogP contribution is -2.53. The highest BCUT2D eigenvalue weighted by Crippen LogP contribution is 2.17. The van der Waals surface area contributed by atoms with Gasteiger partial charge in [0, 0.05) is 12.4 Å². The minimum absolute atomic E-state index is 0.0978. The standard InChI is InChI=1S/C23H41NO6/c1-2-3-4-5-6-7-8-9-10-11-12-13-17-24(18-14-21(25)26,19-15-22(27)28)20-16-23(29)30/h2H,1,3-20H2,(H2-,25,26,27,28,29,30). The third-order valence-electron chi connectivity index (χ3n) is 5.68. The molecule has 0 saturated carbocycles. The molecule has 0 saturated heterocycles. The van der Waals surface area contributed by atoms with Crippen molar-refractivity contribution in [2.24, 2.45) is 0 Å². The summed E-state index contributed by atoms with van der Waals surface area (Å²) in [6.45, 7) is 5.06. The van der Waals surface area contributed by atoms with Gasteiger partial charge in [0.2, 0.25) is 0 Å². The van der Waals surface area contributed by atoms with Crippen molar-refractivity contribution in [1.82, 2.24) is 0 Å². The molecule has 0 radical (unpaired) electrons. The number of rotatable bonds is 22. The smallest absolute Gasteiger partial charge is 0.309 e. The summed E-state index contributed by atoms with van der Waals surface area (Å²) in [6, 6.07) is 0. The first-order chi connectivity index (χ1) is 14.3. The molecule has 0 aliphatic rings. The van der Waals surface area contributed by atoms with Crippen LogP contribution in [0.15, 0.2) is 12.7 Å². The summed E-state index contributed by atoms with van der Waals surface area (Å²) in [7, 11) is 0. The number of nitrogens with zero attached hydrogens (tertiary/aromatic N) is 1. The first-order valence-electron chi connectivity index (χ1n) is 11.4. The van der Waals surface area contributed by atoms with Gasteiger partial charge in [-0.1, -0.05) is 51.0 Å². The molecule has 0 heterocycles. The molecular weight excluding hydrogens is 386 g/mol. The fourth-order valence-corrected chi connectivity index (χ4v) is 3.82. The normalized spacial score (nSPS) is 11.3. The third-order valence-corrected chi connectivity index (χ3v) is 5.68. The number of carboxylic acid groups (broad SMARTS) is 3. The van der Waals surface area contributed by atoms with Crippen molar-refractivity contribution >= 4 is 17.9 Å². The zero-order chi connectivity index (χ0) is 22.7. The molecule has 30 heavy (non-hydrogen) atoms. The second kappa shape index (κ2) is 17.9. The van der Waals surface area contributed by atoms with E-state index < -0.39 is 17.9 Å². The molecular formula is C23H41NO6. The average molecular weight is 428 g/mol. The molecule has 0 amide bonds. The van der Waals surface area contributed by atoms with Crippen LogP contribution in [0.5, 0.6) is 0 Å². The zero-order valence-corrected chi connectivity index (χ0v) is 18.5. The van der Waals surface area contributed by atoms with Gasteiger partial charge in [0.05, 0.1) is 39.0 Å². The Labute approximate surface area is 181 Å². The summed E-state index contributed by atoms with van der Waals surface area (Å²) < 4.78 is 0.220. The van der Waals surface area contributed by atoms with E-state index in [1.54, 1.807) is 0 Å². The van der Waals surface area contributed by atoms with Crippen LogP contribution in [0.4, 0.5) is 0 Å². The van der Waals surface area contributed by atoms with Crippen molar-refractivity contribution in [1.29, 1.82) is 0 Å². The average Bonchev–Trinajstić information content (AvgIpc) is 2.69. The highest BCUT2D eigenvalue weighted by Gasteiger charge is 2.28. The molecule has 0 bridgehead atoms. The molecule has 0 aromatic carbocycles.